The molecule has 1 aromatic carbocycles. The number of esters is 1. The number of thiocarbonyl (C=S) groups is 1. The Balaban J connectivity index is 2.44. The van der Waals surface area contributed by atoms with E-state index in [0.717, 1.165) is 0 Å². The molecule has 23 heavy (non-hydrogen) atoms. The van der Waals surface area contributed by atoms with E-state index >= 15 is 0 Å². The molecule has 2 N–H and O–H groups in total. The summed E-state index contributed by atoms with van der Waals surface area (Å²) in [6.07, 6.45) is 0. The molecule has 0 fully saturated rings. The van der Waals surface area contributed by atoms with Crippen LogP contribution in [-0.4, -0.2) is 17.7 Å². The fourth-order valence-electron chi connectivity index (χ4n) is 2.29. The van der Waals surface area contributed by atoms with Crippen LogP contribution in [0.15, 0.2) is 29.5 Å². The smallest absolute Gasteiger partial charge is 0.338 e. The SMILES string of the molecule is CC1=C(C(=O)OCC(C)C)C(c2c(F)cccc2Cl)NC(=S)N1. The number of ether oxygens (including phenoxy) is 1. The number of hydrogen-bond donors (Lipinski definition) is 2. The summed E-state index contributed by atoms with van der Waals surface area (Å²) < 4.78 is 19.6. The molecule has 1 aliphatic heterocycles. The van der Waals surface area contributed by atoms with Gasteiger partial charge in [0.15, 0.2) is 5.11 Å². The Kier molecular flexibility index (Phi) is 5.59. The quantitative estimate of drug-likeness (QED) is 0.639. The van der Waals surface area contributed by atoms with Gasteiger partial charge in [-0.15, -0.1) is 0 Å². The molecule has 0 saturated heterocycles. The van der Waals surface area contributed by atoms with E-state index in [2.05, 4.69) is 10.6 Å². The summed E-state index contributed by atoms with van der Waals surface area (Å²) in [5, 5.41) is 6.29. The second kappa shape index (κ2) is 7.27. The zero-order valence-electron chi connectivity index (χ0n) is 13.1. The number of carbonyl (C=O) groups is 1. The molecular formula is C16H18ClFN2O2S. The third-order valence-electron chi connectivity index (χ3n) is 3.33. The van der Waals surface area contributed by atoms with E-state index in [4.69, 9.17) is 28.6 Å². The number of rotatable bonds is 4. The molecule has 0 aromatic heterocycles. The zero-order valence-corrected chi connectivity index (χ0v) is 14.6. The van der Waals surface area contributed by atoms with Gasteiger partial charge in [0.1, 0.15) is 5.82 Å². The van der Waals surface area contributed by atoms with Gasteiger partial charge < -0.3 is 15.4 Å². The Morgan fingerprint density at radius 1 is 1.48 bits per heavy atom. The lowest BCUT2D eigenvalue weighted by Crippen LogP contribution is -2.45. The normalized spacial score (nSPS) is 17.8. The van der Waals surface area contributed by atoms with Crippen LogP contribution in [0.1, 0.15) is 32.4 Å². The van der Waals surface area contributed by atoms with E-state index in [-0.39, 0.29) is 28.7 Å². The minimum Gasteiger partial charge on any atom is -0.462 e. The van der Waals surface area contributed by atoms with Crippen molar-refractivity contribution in [2.45, 2.75) is 26.8 Å². The highest BCUT2D eigenvalue weighted by molar-refractivity contribution is 7.80. The Morgan fingerprint density at radius 3 is 2.78 bits per heavy atom. The van der Waals surface area contributed by atoms with Crippen molar-refractivity contribution < 1.29 is 13.9 Å². The third kappa shape index (κ3) is 4.00. The second-order valence-corrected chi connectivity index (χ2v) is 6.51. The minimum atomic E-state index is -0.794. The maximum Gasteiger partial charge on any atom is 0.338 e. The zero-order chi connectivity index (χ0) is 17.1. The van der Waals surface area contributed by atoms with Gasteiger partial charge in [0.05, 0.1) is 18.2 Å². The van der Waals surface area contributed by atoms with E-state index in [9.17, 15) is 9.18 Å². The highest BCUT2D eigenvalue weighted by atomic mass is 35.5. The molecule has 1 aromatic rings. The first-order valence-electron chi connectivity index (χ1n) is 7.20. The Morgan fingerprint density at radius 2 is 2.17 bits per heavy atom. The van der Waals surface area contributed by atoms with Gasteiger partial charge in [0.2, 0.25) is 0 Å². The summed E-state index contributed by atoms with van der Waals surface area (Å²) in [6, 6.07) is 3.57. The van der Waals surface area contributed by atoms with Gasteiger partial charge in [-0.3, -0.25) is 0 Å². The van der Waals surface area contributed by atoms with Gasteiger partial charge in [0.25, 0.3) is 0 Å². The van der Waals surface area contributed by atoms with Crippen LogP contribution >= 0.6 is 23.8 Å². The van der Waals surface area contributed by atoms with Crippen LogP contribution in [0, 0.1) is 11.7 Å². The molecule has 0 radical (unpaired) electrons. The standard InChI is InChI=1S/C16H18ClFN2O2S/c1-8(2)7-22-15(21)12-9(3)19-16(23)20-14(12)13-10(17)5-4-6-11(13)18/h4-6,8,14H,7H2,1-3H3,(H2,19,20,23). The number of benzene rings is 1. The monoisotopic (exact) mass is 356 g/mol. The van der Waals surface area contributed by atoms with Gasteiger partial charge in [-0.2, -0.15) is 0 Å². The predicted molar refractivity (Wildman–Crippen MR) is 91.5 cm³/mol. The van der Waals surface area contributed by atoms with Crippen LogP contribution in [0.5, 0.6) is 0 Å². The number of halogens is 2. The lowest BCUT2D eigenvalue weighted by atomic mass is 9.95. The molecule has 0 spiro atoms. The van der Waals surface area contributed by atoms with Crippen molar-refractivity contribution in [1.82, 2.24) is 10.6 Å². The number of carbonyl (C=O) groups excluding carboxylic acids is 1. The molecule has 1 heterocycles. The van der Waals surface area contributed by atoms with Crippen LogP contribution in [0.2, 0.25) is 5.02 Å². The van der Waals surface area contributed by atoms with E-state index in [1.54, 1.807) is 13.0 Å². The first-order valence-corrected chi connectivity index (χ1v) is 7.99. The summed E-state index contributed by atoms with van der Waals surface area (Å²) >= 11 is 11.3. The summed E-state index contributed by atoms with van der Waals surface area (Å²) in [6.45, 7) is 5.84. The van der Waals surface area contributed by atoms with Gasteiger partial charge in [-0.25, -0.2) is 9.18 Å². The predicted octanol–water partition coefficient (Wildman–Crippen LogP) is 3.47. The largest absolute Gasteiger partial charge is 0.462 e. The lowest BCUT2D eigenvalue weighted by molar-refractivity contribution is -0.140. The maximum absolute atomic E-state index is 14.3. The van der Waals surface area contributed by atoms with E-state index in [1.807, 2.05) is 13.8 Å². The van der Waals surface area contributed by atoms with Crippen LogP contribution in [0.3, 0.4) is 0 Å². The molecular weight excluding hydrogens is 339 g/mol. The number of hydrogen-bond acceptors (Lipinski definition) is 3. The molecule has 124 valence electrons. The summed E-state index contributed by atoms with van der Waals surface area (Å²) in [4.78, 5) is 12.5. The van der Waals surface area contributed by atoms with Gasteiger partial charge >= 0.3 is 5.97 Å². The number of nitrogens with one attached hydrogen (secondary N) is 2. The summed E-state index contributed by atoms with van der Waals surface area (Å²) in [7, 11) is 0. The van der Waals surface area contributed by atoms with Crippen LogP contribution in [0.25, 0.3) is 0 Å². The number of allylic oxidation sites excluding steroid dienone is 1. The lowest BCUT2D eigenvalue weighted by Gasteiger charge is -2.30. The molecule has 0 bridgehead atoms. The van der Waals surface area contributed by atoms with E-state index < -0.39 is 17.8 Å². The fourth-order valence-corrected chi connectivity index (χ4v) is 2.83. The summed E-state index contributed by atoms with van der Waals surface area (Å²) in [5.74, 6) is -0.842. The molecule has 0 aliphatic carbocycles. The van der Waals surface area contributed by atoms with E-state index in [1.165, 1.54) is 12.1 Å². The average Bonchev–Trinajstić information content (AvgIpc) is 2.44. The average molecular weight is 357 g/mol. The molecule has 0 saturated carbocycles. The summed E-state index contributed by atoms with van der Waals surface area (Å²) in [5.41, 5.74) is 0.965. The Bertz CT molecular complexity index is 656. The van der Waals surface area contributed by atoms with Gasteiger partial charge in [-0.05, 0) is 37.2 Å². The highest BCUT2D eigenvalue weighted by Gasteiger charge is 2.34. The van der Waals surface area contributed by atoms with E-state index in [0.29, 0.717) is 10.8 Å². The van der Waals surface area contributed by atoms with Crippen LogP contribution in [-0.2, 0) is 9.53 Å². The van der Waals surface area contributed by atoms with Gasteiger partial charge in [-0.1, -0.05) is 31.5 Å². The molecule has 2 rings (SSSR count). The topological polar surface area (TPSA) is 50.4 Å². The van der Waals surface area contributed by atoms with Crippen molar-refractivity contribution in [3.63, 3.8) is 0 Å². The molecule has 4 nitrogen and oxygen atoms in total. The fraction of sp³-hybridized carbons (Fsp3) is 0.375. The molecule has 7 heteroatoms. The van der Waals surface area contributed by atoms with Crippen LogP contribution in [0.4, 0.5) is 4.39 Å². The second-order valence-electron chi connectivity index (χ2n) is 5.70. The van der Waals surface area contributed by atoms with Crippen molar-refractivity contribution in [2.75, 3.05) is 6.61 Å². The Hall–Kier alpha value is -1.66. The molecule has 1 atom stereocenters. The van der Waals surface area contributed by atoms with Crippen molar-refractivity contribution in [3.8, 4) is 0 Å². The van der Waals surface area contributed by atoms with Crippen molar-refractivity contribution in [3.05, 3.63) is 45.9 Å². The van der Waals surface area contributed by atoms with Crippen molar-refractivity contribution in [1.29, 1.82) is 0 Å². The molecule has 0 amide bonds. The molecule has 1 unspecified atom stereocenters. The van der Waals surface area contributed by atoms with Crippen molar-refractivity contribution >= 4 is 34.9 Å². The van der Waals surface area contributed by atoms with Crippen molar-refractivity contribution in [2.24, 2.45) is 5.92 Å². The third-order valence-corrected chi connectivity index (χ3v) is 3.87. The van der Waals surface area contributed by atoms with Crippen LogP contribution < -0.4 is 10.6 Å². The van der Waals surface area contributed by atoms with Gasteiger partial charge in [0, 0.05) is 16.3 Å². The Labute approximate surface area is 145 Å². The molecule has 1 aliphatic rings. The minimum absolute atomic E-state index is 0.175. The first-order chi connectivity index (χ1) is 10.8. The first kappa shape index (κ1) is 17.7. The highest BCUT2D eigenvalue weighted by Crippen LogP contribution is 2.34. The maximum atomic E-state index is 14.3.